The molecule has 6 nitrogen and oxygen atoms in total. The Balaban J connectivity index is 2.09. The summed E-state index contributed by atoms with van der Waals surface area (Å²) in [5.74, 6) is 0. The second kappa shape index (κ2) is 6.51. The first-order valence-electron chi connectivity index (χ1n) is 6.41. The highest BCUT2D eigenvalue weighted by atomic mass is 79.9. The van der Waals surface area contributed by atoms with Crippen molar-refractivity contribution in [1.29, 1.82) is 0 Å². The third-order valence-corrected chi connectivity index (χ3v) is 3.89. The average Bonchev–Trinajstić information content (AvgIpc) is 2.39. The van der Waals surface area contributed by atoms with Gasteiger partial charge >= 0.3 is 0 Å². The molecule has 0 bridgehead atoms. The molecule has 3 unspecified atom stereocenters. The van der Waals surface area contributed by atoms with Crippen LogP contribution in [0.3, 0.4) is 0 Å². The zero-order chi connectivity index (χ0) is 14.7. The van der Waals surface area contributed by atoms with Crippen LogP contribution >= 0.6 is 15.9 Å². The Bertz CT molecular complexity index is 497. The number of ether oxygens (including phenoxy) is 2. The van der Waals surface area contributed by atoms with Crippen molar-refractivity contribution in [2.45, 2.75) is 31.6 Å². The van der Waals surface area contributed by atoms with Crippen molar-refractivity contribution in [1.82, 2.24) is 0 Å². The molecule has 0 amide bonds. The lowest BCUT2D eigenvalue weighted by molar-refractivity contribution is -0.384. The van der Waals surface area contributed by atoms with E-state index < -0.39 is 4.92 Å². The minimum absolute atomic E-state index is 0.0245. The van der Waals surface area contributed by atoms with Crippen LogP contribution in [0.15, 0.2) is 22.7 Å². The number of benzene rings is 1. The van der Waals surface area contributed by atoms with E-state index >= 15 is 0 Å². The Morgan fingerprint density at radius 2 is 2.30 bits per heavy atom. The Labute approximate surface area is 125 Å². The van der Waals surface area contributed by atoms with Gasteiger partial charge in [0.2, 0.25) is 0 Å². The summed E-state index contributed by atoms with van der Waals surface area (Å²) < 4.78 is 11.6. The van der Waals surface area contributed by atoms with Crippen molar-refractivity contribution in [2.24, 2.45) is 0 Å². The van der Waals surface area contributed by atoms with E-state index in [-0.39, 0.29) is 23.9 Å². The molecule has 0 saturated heterocycles. The summed E-state index contributed by atoms with van der Waals surface area (Å²) in [6, 6.07) is 4.98. The number of anilines is 1. The summed E-state index contributed by atoms with van der Waals surface area (Å²) >= 11 is 3.24. The molecule has 0 heterocycles. The van der Waals surface area contributed by atoms with Crippen LogP contribution in [0.4, 0.5) is 11.4 Å². The van der Waals surface area contributed by atoms with Crippen molar-refractivity contribution in [3.05, 3.63) is 32.8 Å². The molecule has 1 aliphatic rings. The van der Waals surface area contributed by atoms with Crippen LogP contribution in [0.2, 0.25) is 0 Å². The van der Waals surface area contributed by atoms with Gasteiger partial charge in [0.15, 0.2) is 0 Å². The minimum Gasteiger partial charge on any atom is -0.377 e. The predicted octanol–water partition coefficient (Wildman–Crippen LogP) is 2.96. The summed E-state index contributed by atoms with van der Waals surface area (Å²) in [6.07, 6.45) is 0.745. The molecule has 7 heteroatoms. The average molecular weight is 345 g/mol. The van der Waals surface area contributed by atoms with Crippen LogP contribution in [0, 0.1) is 10.1 Å². The topological polar surface area (TPSA) is 73.6 Å². The van der Waals surface area contributed by atoms with Gasteiger partial charge in [0.25, 0.3) is 5.69 Å². The summed E-state index contributed by atoms with van der Waals surface area (Å²) in [4.78, 5) is 10.7. The van der Waals surface area contributed by atoms with Crippen LogP contribution in [-0.2, 0) is 9.47 Å². The van der Waals surface area contributed by atoms with Gasteiger partial charge in [-0.15, -0.1) is 0 Å². The molecule has 110 valence electrons. The molecule has 1 aromatic carbocycles. The summed E-state index contributed by atoms with van der Waals surface area (Å²) in [5, 5.41) is 14.2. The number of hydrogen-bond donors (Lipinski definition) is 1. The Morgan fingerprint density at radius 1 is 1.55 bits per heavy atom. The van der Waals surface area contributed by atoms with Crippen LogP contribution in [0.5, 0.6) is 0 Å². The fourth-order valence-corrected chi connectivity index (χ4v) is 2.74. The van der Waals surface area contributed by atoms with Crippen molar-refractivity contribution >= 4 is 27.3 Å². The van der Waals surface area contributed by atoms with Crippen LogP contribution in [-0.4, -0.2) is 36.9 Å². The maximum atomic E-state index is 11.1. The molecule has 3 atom stereocenters. The largest absolute Gasteiger partial charge is 0.377 e. The number of halogens is 1. The predicted molar refractivity (Wildman–Crippen MR) is 79.0 cm³/mol. The maximum absolute atomic E-state index is 11.1. The van der Waals surface area contributed by atoms with Gasteiger partial charge in [0, 0.05) is 24.3 Å². The van der Waals surface area contributed by atoms with Gasteiger partial charge in [0.1, 0.15) is 11.8 Å². The number of nitro benzene ring substituents is 1. The lowest BCUT2D eigenvalue weighted by Gasteiger charge is -2.43. The first-order chi connectivity index (χ1) is 9.56. The third-order valence-electron chi connectivity index (χ3n) is 3.40. The molecule has 0 spiro atoms. The highest BCUT2D eigenvalue weighted by Gasteiger charge is 2.42. The van der Waals surface area contributed by atoms with Gasteiger partial charge in [-0.05, 0) is 25.5 Å². The number of nitrogens with zero attached hydrogens (tertiary/aromatic N) is 1. The molecule has 0 radical (unpaired) electrons. The Morgan fingerprint density at radius 3 is 2.90 bits per heavy atom. The van der Waals surface area contributed by atoms with E-state index in [1.807, 2.05) is 6.92 Å². The third kappa shape index (κ3) is 3.11. The van der Waals surface area contributed by atoms with Gasteiger partial charge in [-0.25, -0.2) is 0 Å². The summed E-state index contributed by atoms with van der Waals surface area (Å²) in [5.41, 5.74) is 0.550. The molecular formula is C13H17BrN2O4. The molecule has 20 heavy (non-hydrogen) atoms. The SMILES string of the molecule is CCOC1CC(Nc2ccc(Br)cc2[N+](=O)[O-])C1OC. The fourth-order valence-electron chi connectivity index (χ4n) is 2.39. The molecule has 1 aromatic rings. The molecule has 1 fully saturated rings. The zero-order valence-electron chi connectivity index (χ0n) is 11.3. The first kappa shape index (κ1) is 15.2. The Kier molecular flexibility index (Phi) is 4.95. The number of nitrogens with one attached hydrogen (secondary N) is 1. The second-order valence-corrected chi connectivity index (χ2v) is 5.51. The van der Waals surface area contributed by atoms with E-state index in [4.69, 9.17) is 9.47 Å². The number of nitro groups is 1. The highest BCUT2D eigenvalue weighted by molar-refractivity contribution is 9.10. The number of hydrogen-bond acceptors (Lipinski definition) is 5. The van der Waals surface area contributed by atoms with E-state index in [0.717, 1.165) is 6.42 Å². The first-order valence-corrected chi connectivity index (χ1v) is 7.21. The smallest absolute Gasteiger partial charge is 0.293 e. The molecule has 2 rings (SSSR count). The van der Waals surface area contributed by atoms with Crippen molar-refractivity contribution < 1.29 is 14.4 Å². The molecule has 1 aliphatic carbocycles. The van der Waals surface area contributed by atoms with Gasteiger partial charge in [-0.3, -0.25) is 10.1 Å². The highest BCUT2D eigenvalue weighted by Crippen LogP contribution is 2.34. The minimum atomic E-state index is -0.395. The Hall–Kier alpha value is -1.18. The molecular weight excluding hydrogens is 328 g/mol. The standard InChI is InChI=1S/C13H17BrN2O4/c1-3-20-12-7-10(13(12)19-2)15-9-5-4-8(14)6-11(9)16(17)18/h4-6,10,12-13,15H,3,7H2,1-2H3. The van der Waals surface area contributed by atoms with Crippen LogP contribution in [0.25, 0.3) is 0 Å². The summed E-state index contributed by atoms with van der Waals surface area (Å²) in [6.45, 7) is 2.57. The van der Waals surface area contributed by atoms with Crippen molar-refractivity contribution in [3.63, 3.8) is 0 Å². The van der Waals surface area contributed by atoms with Crippen molar-refractivity contribution in [2.75, 3.05) is 19.0 Å². The number of rotatable bonds is 6. The van der Waals surface area contributed by atoms with Gasteiger partial charge in [-0.1, -0.05) is 15.9 Å². The van der Waals surface area contributed by atoms with E-state index in [9.17, 15) is 10.1 Å². The van der Waals surface area contributed by atoms with E-state index in [2.05, 4.69) is 21.2 Å². The lowest BCUT2D eigenvalue weighted by atomic mass is 9.85. The molecule has 0 aromatic heterocycles. The normalized spacial score (nSPS) is 25.1. The van der Waals surface area contributed by atoms with Crippen LogP contribution in [0.1, 0.15) is 13.3 Å². The fraction of sp³-hybridized carbons (Fsp3) is 0.538. The molecule has 1 saturated carbocycles. The van der Waals surface area contributed by atoms with Gasteiger partial charge in [0.05, 0.1) is 17.1 Å². The van der Waals surface area contributed by atoms with E-state index in [0.29, 0.717) is 16.8 Å². The van der Waals surface area contributed by atoms with Gasteiger partial charge < -0.3 is 14.8 Å². The van der Waals surface area contributed by atoms with Gasteiger partial charge in [-0.2, -0.15) is 0 Å². The van der Waals surface area contributed by atoms with E-state index in [1.54, 1.807) is 19.2 Å². The lowest BCUT2D eigenvalue weighted by Crippen LogP contribution is -2.56. The van der Waals surface area contributed by atoms with E-state index in [1.165, 1.54) is 6.07 Å². The molecule has 0 aliphatic heterocycles. The quantitative estimate of drug-likeness (QED) is 0.634. The number of methoxy groups -OCH3 is 1. The second-order valence-electron chi connectivity index (χ2n) is 4.60. The van der Waals surface area contributed by atoms with Crippen LogP contribution < -0.4 is 5.32 Å². The summed E-state index contributed by atoms with van der Waals surface area (Å²) in [7, 11) is 1.63. The monoisotopic (exact) mass is 344 g/mol. The van der Waals surface area contributed by atoms with Crippen molar-refractivity contribution in [3.8, 4) is 0 Å². The zero-order valence-corrected chi connectivity index (χ0v) is 12.9. The maximum Gasteiger partial charge on any atom is 0.293 e. The molecule has 1 N–H and O–H groups in total.